The van der Waals surface area contributed by atoms with E-state index in [1.54, 1.807) is 0 Å². The fourth-order valence-electron chi connectivity index (χ4n) is 2.07. The van der Waals surface area contributed by atoms with Crippen molar-refractivity contribution in [1.29, 1.82) is 0 Å². The smallest absolute Gasteiger partial charge is 0.0637 e. The Labute approximate surface area is 112 Å². The van der Waals surface area contributed by atoms with Crippen LogP contribution in [0.4, 0.5) is 0 Å². The minimum atomic E-state index is 0.438. The molecule has 4 heteroatoms. The molecule has 94 valence electrons. The summed E-state index contributed by atoms with van der Waals surface area (Å²) in [5.41, 5.74) is 1.05. The largest absolute Gasteiger partial charge is 0.381 e. The third-order valence-corrected chi connectivity index (χ3v) is 4.18. The van der Waals surface area contributed by atoms with Gasteiger partial charge >= 0.3 is 0 Å². The first kappa shape index (κ1) is 13.2. The van der Waals surface area contributed by atoms with Crippen LogP contribution in [0.15, 0.2) is 18.2 Å². The van der Waals surface area contributed by atoms with Crippen molar-refractivity contribution in [2.75, 3.05) is 13.2 Å². The Morgan fingerprint density at radius 2 is 2.29 bits per heavy atom. The van der Waals surface area contributed by atoms with Crippen LogP contribution >= 0.6 is 23.2 Å². The normalized spacial score (nSPS) is 21.7. The summed E-state index contributed by atoms with van der Waals surface area (Å²) in [6, 6.07) is 6.17. The standard InChI is InChI=1S/C13H17Cl2NO/c1-9(11-5-6-17-8-11)16-7-10-3-2-4-12(14)13(10)15/h2-4,9,11,16H,5-8H2,1H3. The highest BCUT2D eigenvalue weighted by Crippen LogP contribution is 2.25. The van der Waals surface area contributed by atoms with Gasteiger partial charge in [0.2, 0.25) is 0 Å². The van der Waals surface area contributed by atoms with Gasteiger partial charge in [-0.3, -0.25) is 0 Å². The molecule has 1 N–H and O–H groups in total. The van der Waals surface area contributed by atoms with Crippen LogP contribution in [0, 0.1) is 5.92 Å². The van der Waals surface area contributed by atoms with E-state index in [1.165, 1.54) is 0 Å². The van der Waals surface area contributed by atoms with Gasteiger partial charge in [0.05, 0.1) is 16.7 Å². The van der Waals surface area contributed by atoms with E-state index in [2.05, 4.69) is 12.2 Å². The molecule has 1 fully saturated rings. The van der Waals surface area contributed by atoms with E-state index in [1.807, 2.05) is 18.2 Å². The lowest BCUT2D eigenvalue weighted by atomic mass is 10.0. The molecule has 0 bridgehead atoms. The lowest BCUT2D eigenvalue weighted by Crippen LogP contribution is -2.33. The number of nitrogens with one attached hydrogen (secondary N) is 1. The van der Waals surface area contributed by atoms with Crippen LogP contribution in [0.1, 0.15) is 18.9 Å². The zero-order valence-electron chi connectivity index (χ0n) is 9.88. The average molecular weight is 274 g/mol. The van der Waals surface area contributed by atoms with Crippen LogP contribution in [0.5, 0.6) is 0 Å². The first-order valence-electron chi connectivity index (χ1n) is 5.92. The molecule has 2 rings (SSSR count). The molecule has 1 aliphatic rings. The van der Waals surface area contributed by atoms with Gasteiger partial charge in [-0.2, -0.15) is 0 Å². The molecule has 0 radical (unpaired) electrons. The number of ether oxygens (including phenoxy) is 1. The predicted octanol–water partition coefficient (Wildman–Crippen LogP) is 3.51. The molecule has 17 heavy (non-hydrogen) atoms. The Balaban J connectivity index is 1.90. The highest BCUT2D eigenvalue weighted by molar-refractivity contribution is 6.42. The number of hydrogen-bond acceptors (Lipinski definition) is 2. The maximum atomic E-state index is 6.14. The molecule has 0 saturated carbocycles. The minimum Gasteiger partial charge on any atom is -0.381 e. The Kier molecular flexibility index (Phi) is 4.69. The molecule has 1 heterocycles. The van der Waals surface area contributed by atoms with Crippen molar-refractivity contribution in [3.05, 3.63) is 33.8 Å². The number of benzene rings is 1. The van der Waals surface area contributed by atoms with Crippen molar-refractivity contribution in [1.82, 2.24) is 5.32 Å². The van der Waals surface area contributed by atoms with Gasteiger partial charge in [0.1, 0.15) is 0 Å². The van der Waals surface area contributed by atoms with Crippen LogP contribution in [-0.4, -0.2) is 19.3 Å². The topological polar surface area (TPSA) is 21.3 Å². The summed E-state index contributed by atoms with van der Waals surface area (Å²) in [6.45, 7) is 4.68. The molecule has 0 amide bonds. The van der Waals surface area contributed by atoms with Gasteiger partial charge in [0.25, 0.3) is 0 Å². The van der Waals surface area contributed by atoms with Crippen molar-refractivity contribution < 1.29 is 4.74 Å². The molecular formula is C13H17Cl2NO. The Morgan fingerprint density at radius 1 is 1.47 bits per heavy atom. The molecule has 1 aromatic carbocycles. The molecule has 1 saturated heterocycles. The van der Waals surface area contributed by atoms with E-state index < -0.39 is 0 Å². The number of hydrogen-bond donors (Lipinski definition) is 1. The second-order valence-corrected chi connectivity index (χ2v) is 5.29. The monoisotopic (exact) mass is 273 g/mol. The fraction of sp³-hybridized carbons (Fsp3) is 0.538. The zero-order valence-corrected chi connectivity index (χ0v) is 11.4. The number of rotatable bonds is 4. The third-order valence-electron chi connectivity index (χ3n) is 3.32. The van der Waals surface area contributed by atoms with Gasteiger partial charge in [-0.1, -0.05) is 35.3 Å². The highest BCUT2D eigenvalue weighted by Gasteiger charge is 2.21. The lowest BCUT2D eigenvalue weighted by molar-refractivity contribution is 0.178. The van der Waals surface area contributed by atoms with Crippen molar-refractivity contribution >= 4 is 23.2 Å². The Bertz CT molecular complexity index is 378. The lowest BCUT2D eigenvalue weighted by Gasteiger charge is -2.19. The number of halogens is 2. The molecule has 1 aromatic rings. The molecule has 0 spiro atoms. The first-order valence-corrected chi connectivity index (χ1v) is 6.68. The van der Waals surface area contributed by atoms with E-state index >= 15 is 0 Å². The highest BCUT2D eigenvalue weighted by atomic mass is 35.5. The van der Waals surface area contributed by atoms with Gasteiger partial charge in [-0.25, -0.2) is 0 Å². The van der Waals surface area contributed by atoms with E-state index in [0.717, 1.165) is 31.7 Å². The molecule has 2 nitrogen and oxygen atoms in total. The molecule has 2 atom stereocenters. The summed E-state index contributed by atoms with van der Waals surface area (Å²) >= 11 is 12.1. The van der Waals surface area contributed by atoms with Crippen LogP contribution in [-0.2, 0) is 11.3 Å². The zero-order chi connectivity index (χ0) is 12.3. The minimum absolute atomic E-state index is 0.438. The molecule has 0 aromatic heterocycles. The average Bonchev–Trinajstić information content (AvgIpc) is 2.84. The quantitative estimate of drug-likeness (QED) is 0.907. The van der Waals surface area contributed by atoms with Gasteiger partial charge < -0.3 is 10.1 Å². The van der Waals surface area contributed by atoms with Crippen LogP contribution in [0.3, 0.4) is 0 Å². The van der Waals surface area contributed by atoms with Crippen LogP contribution in [0.2, 0.25) is 10.0 Å². The molecule has 0 aliphatic carbocycles. The van der Waals surface area contributed by atoms with Gasteiger partial charge in [-0.05, 0) is 30.9 Å². The Morgan fingerprint density at radius 3 is 3.00 bits per heavy atom. The van der Waals surface area contributed by atoms with E-state index in [4.69, 9.17) is 27.9 Å². The van der Waals surface area contributed by atoms with Gasteiger partial charge in [-0.15, -0.1) is 0 Å². The maximum Gasteiger partial charge on any atom is 0.0637 e. The van der Waals surface area contributed by atoms with Crippen molar-refractivity contribution in [3.8, 4) is 0 Å². The summed E-state index contributed by atoms with van der Waals surface area (Å²) in [7, 11) is 0. The van der Waals surface area contributed by atoms with Crippen LogP contribution in [0.25, 0.3) is 0 Å². The van der Waals surface area contributed by atoms with Crippen molar-refractivity contribution in [2.24, 2.45) is 5.92 Å². The Hall–Kier alpha value is -0.280. The van der Waals surface area contributed by atoms with Gasteiger partial charge in [0, 0.05) is 19.2 Å². The van der Waals surface area contributed by atoms with E-state index in [-0.39, 0.29) is 0 Å². The summed E-state index contributed by atoms with van der Waals surface area (Å²) in [5.74, 6) is 0.605. The maximum absolute atomic E-state index is 6.14. The molecule has 2 unspecified atom stereocenters. The third kappa shape index (κ3) is 3.35. The fourth-order valence-corrected chi connectivity index (χ4v) is 2.46. The summed E-state index contributed by atoms with van der Waals surface area (Å²) in [5, 5.41) is 4.75. The molecular weight excluding hydrogens is 257 g/mol. The van der Waals surface area contributed by atoms with E-state index in [0.29, 0.717) is 22.0 Å². The summed E-state index contributed by atoms with van der Waals surface area (Å²) in [6.07, 6.45) is 1.14. The SMILES string of the molecule is CC(NCc1cccc(Cl)c1Cl)C1CCOC1. The van der Waals surface area contributed by atoms with E-state index in [9.17, 15) is 0 Å². The van der Waals surface area contributed by atoms with Crippen molar-refractivity contribution in [3.63, 3.8) is 0 Å². The predicted molar refractivity (Wildman–Crippen MR) is 71.7 cm³/mol. The van der Waals surface area contributed by atoms with Gasteiger partial charge in [0.15, 0.2) is 0 Å². The second-order valence-electron chi connectivity index (χ2n) is 4.51. The van der Waals surface area contributed by atoms with Crippen molar-refractivity contribution in [2.45, 2.75) is 25.9 Å². The van der Waals surface area contributed by atoms with Crippen LogP contribution < -0.4 is 5.32 Å². The second kappa shape index (κ2) is 6.05. The summed E-state index contributed by atoms with van der Waals surface area (Å²) in [4.78, 5) is 0. The summed E-state index contributed by atoms with van der Waals surface area (Å²) < 4.78 is 5.39. The first-order chi connectivity index (χ1) is 8.18. The molecule has 1 aliphatic heterocycles.